The van der Waals surface area contributed by atoms with E-state index < -0.39 is 5.82 Å². The first-order valence-electron chi connectivity index (χ1n) is 11.5. The average Bonchev–Trinajstić information content (AvgIpc) is 3.32. The predicted molar refractivity (Wildman–Crippen MR) is 129 cm³/mol. The highest BCUT2D eigenvalue weighted by molar-refractivity contribution is 6.30. The van der Waals surface area contributed by atoms with Crippen molar-refractivity contribution in [2.24, 2.45) is 11.8 Å². The van der Waals surface area contributed by atoms with Gasteiger partial charge in [0.25, 0.3) is 0 Å². The van der Waals surface area contributed by atoms with Crippen molar-refractivity contribution in [3.63, 3.8) is 0 Å². The Hall–Kier alpha value is -3.07. The number of benzene rings is 1. The SMILES string of the molecule is COc1cc(N2CC3CCC(C2)C3Nc2nc(Oc3cccc(Cl)c3F)n(C(C)C)n2)ccn1. The number of nitrogens with one attached hydrogen (secondary N) is 1. The molecule has 2 atom stereocenters. The van der Waals surface area contributed by atoms with E-state index in [4.69, 9.17) is 21.1 Å². The summed E-state index contributed by atoms with van der Waals surface area (Å²) in [5.41, 5.74) is 1.13. The van der Waals surface area contributed by atoms with Gasteiger partial charge >= 0.3 is 6.01 Å². The average molecular weight is 487 g/mol. The molecule has 3 heterocycles. The Morgan fingerprint density at radius 2 is 1.94 bits per heavy atom. The van der Waals surface area contributed by atoms with Crippen molar-refractivity contribution >= 4 is 23.2 Å². The van der Waals surface area contributed by atoms with Gasteiger partial charge in [-0.1, -0.05) is 17.7 Å². The van der Waals surface area contributed by atoms with Crippen LogP contribution >= 0.6 is 11.6 Å². The molecular formula is C24H28ClFN6O2. The van der Waals surface area contributed by atoms with Crippen molar-refractivity contribution in [3.05, 3.63) is 47.4 Å². The Morgan fingerprint density at radius 3 is 2.65 bits per heavy atom. The maximum absolute atomic E-state index is 14.4. The molecule has 8 nitrogen and oxygen atoms in total. The Labute approximate surface area is 203 Å². The third kappa shape index (κ3) is 4.36. The molecule has 3 aromatic rings. The van der Waals surface area contributed by atoms with Crippen LogP contribution in [0.3, 0.4) is 0 Å². The van der Waals surface area contributed by atoms with Crippen molar-refractivity contribution in [2.75, 3.05) is 30.4 Å². The summed E-state index contributed by atoms with van der Waals surface area (Å²) in [4.78, 5) is 11.2. The zero-order valence-electron chi connectivity index (χ0n) is 19.4. The number of methoxy groups -OCH3 is 1. The minimum atomic E-state index is -0.616. The molecule has 1 aliphatic carbocycles. The fourth-order valence-electron chi connectivity index (χ4n) is 4.96. The number of nitrogens with zero attached hydrogens (tertiary/aromatic N) is 5. The molecule has 180 valence electrons. The largest absolute Gasteiger partial charge is 0.481 e. The van der Waals surface area contributed by atoms with Crippen molar-refractivity contribution in [3.8, 4) is 17.6 Å². The summed E-state index contributed by atoms with van der Waals surface area (Å²) in [5, 5.41) is 8.18. The highest BCUT2D eigenvalue weighted by Gasteiger charge is 2.42. The molecule has 1 aliphatic heterocycles. The lowest BCUT2D eigenvalue weighted by Crippen LogP contribution is -2.48. The molecule has 2 fully saturated rings. The van der Waals surface area contributed by atoms with E-state index in [9.17, 15) is 4.39 Å². The third-order valence-corrected chi connectivity index (χ3v) is 6.92. The lowest BCUT2D eigenvalue weighted by Gasteiger charge is -2.39. The number of hydrogen-bond acceptors (Lipinski definition) is 7. The van der Waals surface area contributed by atoms with E-state index in [1.807, 2.05) is 26.0 Å². The van der Waals surface area contributed by atoms with Crippen LogP contribution in [0.5, 0.6) is 17.6 Å². The molecule has 0 spiro atoms. The Balaban J connectivity index is 1.33. The molecule has 2 aliphatic rings. The zero-order valence-corrected chi connectivity index (χ0v) is 20.2. The summed E-state index contributed by atoms with van der Waals surface area (Å²) in [5.74, 6) is 1.44. The molecular weight excluding hydrogens is 459 g/mol. The van der Waals surface area contributed by atoms with E-state index in [0.717, 1.165) is 31.6 Å². The van der Waals surface area contributed by atoms with Crippen molar-refractivity contribution in [2.45, 2.75) is 38.8 Å². The number of piperidine rings is 1. The molecule has 2 unspecified atom stereocenters. The van der Waals surface area contributed by atoms with Gasteiger partial charge in [-0.2, -0.15) is 4.98 Å². The molecule has 1 saturated heterocycles. The molecule has 2 aromatic heterocycles. The quantitative estimate of drug-likeness (QED) is 0.493. The van der Waals surface area contributed by atoms with Crippen LogP contribution in [-0.2, 0) is 0 Å². The molecule has 5 rings (SSSR count). The summed E-state index contributed by atoms with van der Waals surface area (Å²) >= 11 is 5.90. The maximum Gasteiger partial charge on any atom is 0.322 e. The number of halogens is 2. The third-order valence-electron chi connectivity index (χ3n) is 6.63. The highest BCUT2D eigenvalue weighted by Crippen LogP contribution is 2.40. The van der Waals surface area contributed by atoms with Gasteiger partial charge in [0.15, 0.2) is 11.6 Å². The fourth-order valence-corrected chi connectivity index (χ4v) is 5.13. The van der Waals surface area contributed by atoms with Gasteiger partial charge < -0.3 is 19.7 Å². The summed E-state index contributed by atoms with van der Waals surface area (Å²) in [6.07, 6.45) is 4.07. The summed E-state index contributed by atoms with van der Waals surface area (Å²) in [6, 6.07) is 9.13. The second kappa shape index (κ2) is 9.29. The second-order valence-corrected chi connectivity index (χ2v) is 9.55. The van der Waals surface area contributed by atoms with Gasteiger partial charge in [-0.25, -0.2) is 14.1 Å². The normalized spacial score (nSPS) is 21.7. The van der Waals surface area contributed by atoms with Gasteiger partial charge in [-0.05, 0) is 56.7 Å². The van der Waals surface area contributed by atoms with Crippen LogP contribution in [0.25, 0.3) is 0 Å². The molecule has 1 N–H and O–H groups in total. The van der Waals surface area contributed by atoms with Gasteiger partial charge in [-0.15, -0.1) is 5.10 Å². The van der Waals surface area contributed by atoms with Gasteiger partial charge in [-0.3, -0.25) is 0 Å². The van der Waals surface area contributed by atoms with Crippen LogP contribution in [0.4, 0.5) is 16.0 Å². The van der Waals surface area contributed by atoms with Gasteiger partial charge in [0.2, 0.25) is 11.8 Å². The topological polar surface area (TPSA) is 77.3 Å². The Kier molecular flexibility index (Phi) is 6.20. The minimum absolute atomic E-state index is 0.00149. The van der Waals surface area contributed by atoms with Crippen LogP contribution in [0.15, 0.2) is 36.5 Å². The van der Waals surface area contributed by atoms with Gasteiger partial charge in [0, 0.05) is 37.1 Å². The van der Waals surface area contributed by atoms with E-state index in [2.05, 4.69) is 25.3 Å². The number of pyridine rings is 1. The standard InChI is InChI=1S/C24H28ClFN6O2/c1-14(2)32-24(34-19-6-4-5-18(25)21(19)26)29-23(30-32)28-22-15-7-8-16(22)13-31(12-15)17-9-10-27-20(11-17)33-3/h4-6,9-11,14-16,22H,7-8,12-13H2,1-3H3,(H,28,30). The lowest BCUT2D eigenvalue weighted by atomic mass is 9.92. The number of ether oxygens (including phenoxy) is 2. The molecule has 0 radical (unpaired) electrons. The number of aromatic nitrogens is 4. The van der Waals surface area contributed by atoms with Crippen LogP contribution in [0.1, 0.15) is 32.7 Å². The van der Waals surface area contributed by atoms with E-state index in [1.165, 1.54) is 12.1 Å². The second-order valence-electron chi connectivity index (χ2n) is 9.14. The fraction of sp³-hybridized carbons (Fsp3) is 0.458. The smallest absolute Gasteiger partial charge is 0.322 e. The summed E-state index contributed by atoms with van der Waals surface area (Å²) < 4.78 is 27.1. The molecule has 34 heavy (non-hydrogen) atoms. The van der Waals surface area contributed by atoms with Crippen molar-refractivity contribution < 1.29 is 13.9 Å². The first-order chi connectivity index (χ1) is 16.4. The number of rotatable bonds is 7. The molecule has 2 bridgehead atoms. The van der Waals surface area contributed by atoms with E-state index >= 15 is 0 Å². The number of fused-ring (bicyclic) bond motifs is 2. The molecule has 1 aromatic carbocycles. The molecule has 1 saturated carbocycles. The van der Waals surface area contributed by atoms with Crippen LogP contribution < -0.4 is 19.7 Å². The van der Waals surface area contributed by atoms with E-state index in [1.54, 1.807) is 24.1 Å². The van der Waals surface area contributed by atoms with Crippen LogP contribution in [0.2, 0.25) is 5.02 Å². The highest BCUT2D eigenvalue weighted by atomic mass is 35.5. The Morgan fingerprint density at radius 1 is 1.18 bits per heavy atom. The van der Waals surface area contributed by atoms with E-state index in [-0.39, 0.29) is 28.9 Å². The minimum Gasteiger partial charge on any atom is -0.481 e. The summed E-state index contributed by atoms with van der Waals surface area (Å²) in [7, 11) is 1.63. The zero-order chi connectivity index (χ0) is 23.8. The van der Waals surface area contributed by atoms with E-state index in [0.29, 0.717) is 23.7 Å². The Bertz CT molecular complexity index is 1160. The predicted octanol–water partition coefficient (Wildman–Crippen LogP) is 5.17. The lowest BCUT2D eigenvalue weighted by molar-refractivity contribution is 0.360. The van der Waals surface area contributed by atoms with Crippen molar-refractivity contribution in [1.82, 2.24) is 19.7 Å². The van der Waals surface area contributed by atoms with Crippen LogP contribution in [-0.4, -0.2) is 46.0 Å². The van der Waals surface area contributed by atoms with Gasteiger partial charge in [0.1, 0.15) is 0 Å². The number of anilines is 2. The van der Waals surface area contributed by atoms with Gasteiger partial charge in [0.05, 0.1) is 18.2 Å². The molecule has 0 amide bonds. The first kappa shape index (κ1) is 22.7. The monoisotopic (exact) mass is 486 g/mol. The van der Waals surface area contributed by atoms with Crippen LogP contribution in [0, 0.1) is 17.7 Å². The maximum atomic E-state index is 14.4. The first-order valence-corrected chi connectivity index (χ1v) is 11.9. The summed E-state index contributed by atoms with van der Waals surface area (Å²) in [6.45, 7) is 5.82. The van der Waals surface area contributed by atoms with Crippen molar-refractivity contribution in [1.29, 1.82) is 0 Å². The number of hydrogen-bond donors (Lipinski definition) is 1. The molecule has 10 heteroatoms.